The Labute approximate surface area is 87.7 Å². The average molecular weight is 211 g/mol. The van der Waals surface area contributed by atoms with E-state index in [1.807, 2.05) is 0 Å². The molecule has 0 aromatic carbocycles. The fourth-order valence-corrected chi connectivity index (χ4v) is 1.30. The number of amides is 2. The molecule has 0 aromatic heterocycles. The molecule has 15 heavy (non-hydrogen) atoms. The summed E-state index contributed by atoms with van der Waals surface area (Å²) in [5.41, 5.74) is 0.922. The van der Waals surface area contributed by atoms with Gasteiger partial charge in [0, 0.05) is 18.1 Å². The Bertz CT molecular complexity index is 332. The maximum absolute atomic E-state index is 11.5. The molecule has 0 unspecified atom stereocenters. The first kappa shape index (κ1) is 11.4. The number of esters is 1. The molecule has 0 bridgehead atoms. The fourth-order valence-electron chi connectivity index (χ4n) is 1.30. The van der Waals surface area contributed by atoms with E-state index in [0.29, 0.717) is 11.1 Å². The van der Waals surface area contributed by atoms with Gasteiger partial charge in [0.05, 0.1) is 6.54 Å². The number of imide groups is 1. The zero-order chi connectivity index (χ0) is 11.6. The van der Waals surface area contributed by atoms with Crippen LogP contribution in [0, 0.1) is 0 Å². The molecule has 0 saturated heterocycles. The normalized spacial score (nSPS) is 16.3. The summed E-state index contributed by atoms with van der Waals surface area (Å²) >= 11 is 0. The highest BCUT2D eigenvalue weighted by Crippen LogP contribution is 2.18. The predicted molar refractivity (Wildman–Crippen MR) is 51.7 cm³/mol. The van der Waals surface area contributed by atoms with Crippen LogP contribution in [0.25, 0.3) is 0 Å². The van der Waals surface area contributed by atoms with Crippen molar-refractivity contribution < 1.29 is 19.1 Å². The highest BCUT2D eigenvalue weighted by molar-refractivity contribution is 6.18. The van der Waals surface area contributed by atoms with E-state index in [-0.39, 0.29) is 25.0 Å². The first-order valence-corrected chi connectivity index (χ1v) is 4.62. The summed E-state index contributed by atoms with van der Waals surface area (Å²) in [6, 6.07) is 0. The molecule has 0 aliphatic carbocycles. The lowest BCUT2D eigenvalue weighted by atomic mass is 10.2. The highest BCUT2D eigenvalue weighted by Gasteiger charge is 2.32. The second kappa shape index (κ2) is 4.25. The third-order valence-electron chi connectivity index (χ3n) is 2.31. The van der Waals surface area contributed by atoms with Crippen LogP contribution in [0.15, 0.2) is 11.1 Å². The minimum absolute atomic E-state index is 0.0490. The Hall–Kier alpha value is -1.65. The Morgan fingerprint density at radius 1 is 1.20 bits per heavy atom. The van der Waals surface area contributed by atoms with Crippen LogP contribution in [-0.2, 0) is 19.1 Å². The highest BCUT2D eigenvalue weighted by atomic mass is 16.5. The van der Waals surface area contributed by atoms with Gasteiger partial charge in [0.25, 0.3) is 11.8 Å². The van der Waals surface area contributed by atoms with Gasteiger partial charge in [0.1, 0.15) is 6.61 Å². The van der Waals surface area contributed by atoms with Gasteiger partial charge in [-0.1, -0.05) is 0 Å². The Morgan fingerprint density at radius 3 is 2.07 bits per heavy atom. The molecule has 0 atom stereocenters. The summed E-state index contributed by atoms with van der Waals surface area (Å²) < 4.78 is 4.67. The van der Waals surface area contributed by atoms with Gasteiger partial charge in [-0.2, -0.15) is 0 Å². The number of hydrogen-bond acceptors (Lipinski definition) is 4. The van der Waals surface area contributed by atoms with E-state index in [9.17, 15) is 14.4 Å². The summed E-state index contributed by atoms with van der Waals surface area (Å²) in [6.07, 6.45) is 0. The van der Waals surface area contributed by atoms with E-state index in [2.05, 4.69) is 4.74 Å². The van der Waals surface area contributed by atoms with Gasteiger partial charge in [0.15, 0.2) is 0 Å². The second-order valence-corrected chi connectivity index (χ2v) is 3.35. The number of nitrogens with zero attached hydrogens (tertiary/aromatic N) is 1. The molecule has 0 spiro atoms. The van der Waals surface area contributed by atoms with E-state index in [4.69, 9.17) is 0 Å². The van der Waals surface area contributed by atoms with Crippen LogP contribution in [0.2, 0.25) is 0 Å². The summed E-state index contributed by atoms with van der Waals surface area (Å²) in [4.78, 5) is 34.6. The third-order valence-corrected chi connectivity index (χ3v) is 2.31. The van der Waals surface area contributed by atoms with Crippen LogP contribution in [0.3, 0.4) is 0 Å². The molecule has 0 radical (unpaired) electrons. The Morgan fingerprint density at radius 2 is 1.67 bits per heavy atom. The van der Waals surface area contributed by atoms with Crippen molar-refractivity contribution in [1.82, 2.24) is 4.90 Å². The van der Waals surface area contributed by atoms with Gasteiger partial charge in [-0.3, -0.25) is 19.3 Å². The SMILES string of the molecule is CC(=O)OCCN1C(=O)C(C)=C(C)C1=O. The molecule has 1 rings (SSSR count). The van der Waals surface area contributed by atoms with Crippen molar-refractivity contribution >= 4 is 17.8 Å². The Balaban J connectivity index is 2.56. The average Bonchev–Trinajstić information content (AvgIpc) is 2.34. The van der Waals surface area contributed by atoms with Crippen molar-refractivity contribution in [2.24, 2.45) is 0 Å². The first-order valence-electron chi connectivity index (χ1n) is 4.62. The molecule has 5 nitrogen and oxygen atoms in total. The van der Waals surface area contributed by atoms with E-state index >= 15 is 0 Å². The molecule has 0 saturated carbocycles. The van der Waals surface area contributed by atoms with Crippen LogP contribution in [0.1, 0.15) is 20.8 Å². The zero-order valence-electron chi connectivity index (χ0n) is 8.99. The van der Waals surface area contributed by atoms with Gasteiger partial charge in [0.2, 0.25) is 0 Å². The molecule has 5 heteroatoms. The lowest BCUT2D eigenvalue weighted by molar-refractivity contribution is -0.145. The molecule has 0 aromatic rings. The van der Waals surface area contributed by atoms with Crippen LogP contribution in [0.4, 0.5) is 0 Å². The summed E-state index contributed by atoms with van der Waals surface area (Å²) in [5.74, 6) is -1.02. The number of hydrogen-bond donors (Lipinski definition) is 0. The third kappa shape index (κ3) is 2.23. The monoisotopic (exact) mass is 211 g/mol. The number of ether oxygens (including phenoxy) is 1. The molecule has 1 heterocycles. The molecular weight excluding hydrogens is 198 g/mol. The van der Waals surface area contributed by atoms with Gasteiger partial charge in [-0.05, 0) is 13.8 Å². The molecule has 0 fully saturated rings. The minimum Gasteiger partial charge on any atom is -0.464 e. The first-order chi connectivity index (χ1) is 6.95. The van der Waals surface area contributed by atoms with Gasteiger partial charge < -0.3 is 4.74 Å². The van der Waals surface area contributed by atoms with Crippen LogP contribution >= 0.6 is 0 Å². The van der Waals surface area contributed by atoms with E-state index in [0.717, 1.165) is 4.90 Å². The maximum Gasteiger partial charge on any atom is 0.302 e. The van der Waals surface area contributed by atoms with Gasteiger partial charge >= 0.3 is 5.97 Å². The van der Waals surface area contributed by atoms with Crippen molar-refractivity contribution in [3.8, 4) is 0 Å². The van der Waals surface area contributed by atoms with Crippen molar-refractivity contribution in [3.05, 3.63) is 11.1 Å². The summed E-state index contributed by atoms with van der Waals surface area (Å²) in [5, 5.41) is 0. The van der Waals surface area contributed by atoms with Crippen LogP contribution < -0.4 is 0 Å². The maximum atomic E-state index is 11.5. The van der Waals surface area contributed by atoms with Crippen molar-refractivity contribution in [2.75, 3.05) is 13.2 Å². The topological polar surface area (TPSA) is 63.7 Å². The quantitative estimate of drug-likeness (QED) is 0.496. The van der Waals surface area contributed by atoms with E-state index < -0.39 is 5.97 Å². The summed E-state index contributed by atoms with van der Waals surface area (Å²) in [7, 11) is 0. The number of rotatable bonds is 3. The molecule has 82 valence electrons. The standard InChI is InChI=1S/C10H13NO4/c1-6-7(2)10(14)11(9(6)13)4-5-15-8(3)12/h4-5H2,1-3H3. The smallest absolute Gasteiger partial charge is 0.302 e. The molecular formula is C10H13NO4. The van der Waals surface area contributed by atoms with Crippen molar-refractivity contribution in [2.45, 2.75) is 20.8 Å². The molecule has 2 amide bonds. The van der Waals surface area contributed by atoms with Crippen LogP contribution in [0.5, 0.6) is 0 Å². The predicted octanol–water partition coefficient (Wildman–Crippen LogP) is 0.255. The number of carbonyl (C=O) groups is 3. The van der Waals surface area contributed by atoms with Gasteiger partial charge in [-0.25, -0.2) is 0 Å². The van der Waals surface area contributed by atoms with Crippen LogP contribution in [-0.4, -0.2) is 35.8 Å². The van der Waals surface area contributed by atoms with Gasteiger partial charge in [-0.15, -0.1) is 0 Å². The largest absolute Gasteiger partial charge is 0.464 e. The zero-order valence-corrected chi connectivity index (χ0v) is 8.99. The van der Waals surface area contributed by atoms with E-state index in [1.165, 1.54) is 6.92 Å². The molecule has 1 aliphatic heterocycles. The molecule has 0 N–H and O–H groups in total. The number of carbonyl (C=O) groups excluding carboxylic acids is 3. The lowest BCUT2D eigenvalue weighted by Crippen LogP contribution is -2.34. The summed E-state index contributed by atoms with van der Waals surface area (Å²) in [6.45, 7) is 4.67. The van der Waals surface area contributed by atoms with Crippen molar-refractivity contribution in [1.29, 1.82) is 0 Å². The Kier molecular flexibility index (Phi) is 3.24. The van der Waals surface area contributed by atoms with E-state index in [1.54, 1.807) is 13.8 Å². The minimum atomic E-state index is -0.421. The lowest BCUT2D eigenvalue weighted by Gasteiger charge is -2.13. The van der Waals surface area contributed by atoms with Crippen molar-refractivity contribution in [3.63, 3.8) is 0 Å². The fraction of sp³-hybridized carbons (Fsp3) is 0.500. The second-order valence-electron chi connectivity index (χ2n) is 3.35. The molecule has 1 aliphatic rings.